The summed E-state index contributed by atoms with van der Waals surface area (Å²) < 4.78 is 47.5. The first-order valence-electron chi connectivity index (χ1n) is 12.1. The number of methoxy groups -OCH3 is 1. The molecule has 0 spiro atoms. The zero-order chi connectivity index (χ0) is 27.4. The zero-order valence-corrected chi connectivity index (χ0v) is 21.7. The standard InChI is InChI=1S/C30H24F3N3O2S/c1-38-24-14-8-13-23(18-24)34-28(37)27(21-11-6-3-7-12-21)39-29-35-25-17-22(30(31,32)33)15-16-26(25)36(29)19-20-9-4-2-5-10-20/h2-18,27H,19H2,1H3,(H,34,37). The van der Waals surface area contributed by atoms with Crippen molar-refractivity contribution in [3.05, 3.63) is 120 Å². The maximum Gasteiger partial charge on any atom is 0.416 e. The summed E-state index contributed by atoms with van der Waals surface area (Å²) in [6.07, 6.45) is -4.49. The number of nitrogens with one attached hydrogen (secondary N) is 1. The van der Waals surface area contributed by atoms with Crippen molar-refractivity contribution in [2.75, 3.05) is 12.4 Å². The molecule has 9 heteroatoms. The van der Waals surface area contributed by atoms with Crippen LogP contribution in [0.5, 0.6) is 5.75 Å². The Balaban J connectivity index is 1.56. The number of benzene rings is 4. The fourth-order valence-electron chi connectivity index (χ4n) is 4.21. The van der Waals surface area contributed by atoms with Gasteiger partial charge in [0.15, 0.2) is 5.16 Å². The van der Waals surface area contributed by atoms with E-state index >= 15 is 0 Å². The fraction of sp³-hybridized carbons (Fsp3) is 0.133. The molecule has 1 atom stereocenters. The Morgan fingerprint density at radius 2 is 1.67 bits per heavy atom. The molecule has 0 aliphatic carbocycles. The van der Waals surface area contributed by atoms with Crippen molar-refractivity contribution in [3.8, 4) is 5.75 Å². The van der Waals surface area contributed by atoms with Gasteiger partial charge in [0.2, 0.25) is 5.91 Å². The smallest absolute Gasteiger partial charge is 0.416 e. The molecule has 5 rings (SSSR count). The number of anilines is 1. The second kappa shape index (κ2) is 11.2. The van der Waals surface area contributed by atoms with Gasteiger partial charge in [-0.3, -0.25) is 4.79 Å². The number of aromatic nitrogens is 2. The average Bonchev–Trinajstić information content (AvgIpc) is 3.28. The van der Waals surface area contributed by atoms with Gasteiger partial charge in [-0.05, 0) is 41.5 Å². The Hall–Kier alpha value is -4.24. The van der Waals surface area contributed by atoms with Gasteiger partial charge in [0.05, 0.1) is 30.3 Å². The van der Waals surface area contributed by atoms with Gasteiger partial charge in [-0.15, -0.1) is 0 Å². The molecule has 0 bridgehead atoms. The SMILES string of the molecule is COc1cccc(NC(=O)C(Sc2nc3cc(C(F)(F)F)ccc3n2Cc2ccccc2)c2ccccc2)c1. The summed E-state index contributed by atoms with van der Waals surface area (Å²) in [6, 6.07) is 29.4. The van der Waals surface area contributed by atoms with Gasteiger partial charge in [-0.1, -0.05) is 78.5 Å². The minimum atomic E-state index is -4.49. The Kier molecular flexibility index (Phi) is 7.60. The lowest BCUT2D eigenvalue weighted by atomic mass is 10.1. The molecule has 0 aliphatic rings. The highest BCUT2D eigenvalue weighted by Crippen LogP contribution is 2.39. The van der Waals surface area contributed by atoms with Crippen LogP contribution in [0.1, 0.15) is 21.9 Å². The Labute approximate surface area is 227 Å². The maximum absolute atomic E-state index is 13.6. The summed E-state index contributed by atoms with van der Waals surface area (Å²) in [5.74, 6) is 0.301. The molecule has 5 nitrogen and oxygen atoms in total. The number of ether oxygens (including phenoxy) is 1. The predicted octanol–water partition coefficient (Wildman–Crippen LogP) is 7.58. The maximum atomic E-state index is 13.6. The van der Waals surface area contributed by atoms with E-state index in [0.29, 0.717) is 28.7 Å². The van der Waals surface area contributed by atoms with Crippen LogP contribution in [0.15, 0.2) is 108 Å². The summed E-state index contributed by atoms with van der Waals surface area (Å²) >= 11 is 1.19. The molecule has 0 fully saturated rings. The molecule has 4 aromatic carbocycles. The number of alkyl halides is 3. The number of amides is 1. The van der Waals surface area contributed by atoms with Crippen molar-refractivity contribution in [2.45, 2.75) is 23.1 Å². The van der Waals surface area contributed by atoms with Gasteiger partial charge in [-0.2, -0.15) is 13.2 Å². The number of nitrogens with zero attached hydrogens (tertiary/aromatic N) is 2. The van der Waals surface area contributed by atoms with Gasteiger partial charge < -0.3 is 14.6 Å². The molecule has 0 saturated heterocycles. The minimum Gasteiger partial charge on any atom is -0.497 e. The molecule has 1 N–H and O–H groups in total. The third kappa shape index (κ3) is 6.09. The van der Waals surface area contributed by atoms with Crippen LogP contribution in [0.4, 0.5) is 18.9 Å². The highest BCUT2D eigenvalue weighted by Gasteiger charge is 2.32. The topological polar surface area (TPSA) is 56.1 Å². The van der Waals surface area contributed by atoms with Crippen molar-refractivity contribution >= 4 is 34.4 Å². The summed E-state index contributed by atoms with van der Waals surface area (Å²) in [6.45, 7) is 0.379. The third-order valence-electron chi connectivity index (χ3n) is 6.13. The van der Waals surface area contributed by atoms with Crippen LogP contribution in [0.25, 0.3) is 11.0 Å². The largest absolute Gasteiger partial charge is 0.497 e. The zero-order valence-electron chi connectivity index (χ0n) is 20.9. The third-order valence-corrected chi connectivity index (χ3v) is 7.37. The van der Waals surface area contributed by atoms with Crippen molar-refractivity contribution in [1.29, 1.82) is 0 Å². The van der Waals surface area contributed by atoms with Crippen LogP contribution in [0, 0.1) is 0 Å². The summed E-state index contributed by atoms with van der Waals surface area (Å²) in [7, 11) is 1.55. The lowest BCUT2D eigenvalue weighted by Gasteiger charge is -2.18. The molecule has 1 amide bonds. The van der Waals surface area contributed by atoms with Crippen LogP contribution < -0.4 is 10.1 Å². The average molecular weight is 548 g/mol. The number of hydrogen-bond donors (Lipinski definition) is 1. The molecule has 0 saturated carbocycles. The predicted molar refractivity (Wildman–Crippen MR) is 147 cm³/mol. The van der Waals surface area contributed by atoms with E-state index in [1.54, 1.807) is 31.4 Å². The van der Waals surface area contributed by atoms with Crippen LogP contribution in [0.3, 0.4) is 0 Å². The molecule has 1 unspecified atom stereocenters. The van der Waals surface area contributed by atoms with Gasteiger partial charge in [0, 0.05) is 11.8 Å². The normalized spacial score (nSPS) is 12.3. The number of fused-ring (bicyclic) bond motifs is 1. The summed E-state index contributed by atoms with van der Waals surface area (Å²) in [5, 5.41) is 2.64. The quantitative estimate of drug-likeness (QED) is 0.204. The summed E-state index contributed by atoms with van der Waals surface area (Å²) in [4.78, 5) is 18.2. The second-order valence-electron chi connectivity index (χ2n) is 8.80. The first-order chi connectivity index (χ1) is 18.8. The monoisotopic (exact) mass is 547 g/mol. The molecule has 5 aromatic rings. The van der Waals surface area contributed by atoms with Gasteiger partial charge >= 0.3 is 6.18 Å². The Bertz CT molecular complexity index is 1590. The van der Waals surface area contributed by atoms with Gasteiger partial charge in [0.25, 0.3) is 0 Å². The first-order valence-corrected chi connectivity index (χ1v) is 13.0. The molecule has 39 heavy (non-hydrogen) atoms. The van der Waals surface area contributed by atoms with Crippen LogP contribution in [0.2, 0.25) is 0 Å². The van der Waals surface area contributed by atoms with Gasteiger partial charge in [-0.25, -0.2) is 4.98 Å². The number of rotatable bonds is 8. The molecule has 1 heterocycles. The number of carbonyl (C=O) groups excluding carboxylic acids is 1. The van der Waals surface area contributed by atoms with E-state index in [4.69, 9.17) is 4.74 Å². The minimum absolute atomic E-state index is 0.211. The Morgan fingerprint density at radius 3 is 2.36 bits per heavy atom. The van der Waals surface area contributed by atoms with E-state index in [1.165, 1.54) is 17.8 Å². The number of thioether (sulfide) groups is 1. The van der Waals surface area contributed by atoms with E-state index in [-0.39, 0.29) is 11.4 Å². The molecule has 1 aromatic heterocycles. The number of carbonyl (C=O) groups is 1. The molecular formula is C30H24F3N3O2S. The fourth-order valence-corrected chi connectivity index (χ4v) is 5.32. The van der Waals surface area contributed by atoms with Crippen LogP contribution >= 0.6 is 11.8 Å². The number of halogens is 3. The van der Waals surface area contributed by atoms with E-state index in [9.17, 15) is 18.0 Å². The molecule has 0 aliphatic heterocycles. The highest BCUT2D eigenvalue weighted by molar-refractivity contribution is 8.00. The molecule has 0 radical (unpaired) electrons. The lowest BCUT2D eigenvalue weighted by Crippen LogP contribution is -2.19. The second-order valence-corrected chi connectivity index (χ2v) is 9.87. The van der Waals surface area contributed by atoms with E-state index in [0.717, 1.165) is 23.3 Å². The lowest BCUT2D eigenvalue weighted by molar-refractivity contribution is -0.137. The van der Waals surface area contributed by atoms with Crippen molar-refractivity contribution in [1.82, 2.24) is 9.55 Å². The van der Waals surface area contributed by atoms with E-state index < -0.39 is 17.0 Å². The number of imidazole rings is 1. The molecule has 198 valence electrons. The van der Waals surface area contributed by atoms with Crippen molar-refractivity contribution < 1.29 is 22.7 Å². The van der Waals surface area contributed by atoms with Crippen molar-refractivity contribution in [3.63, 3.8) is 0 Å². The van der Waals surface area contributed by atoms with E-state index in [1.807, 2.05) is 65.2 Å². The first kappa shape index (κ1) is 26.4. The van der Waals surface area contributed by atoms with Crippen LogP contribution in [-0.2, 0) is 17.5 Å². The van der Waals surface area contributed by atoms with Crippen molar-refractivity contribution in [2.24, 2.45) is 0 Å². The van der Waals surface area contributed by atoms with E-state index in [2.05, 4.69) is 10.3 Å². The molecular weight excluding hydrogens is 523 g/mol. The number of hydrogen-bond acceptors (Lipinski definition) is 4. The Morgan fingerprint density at radius 1 is 0.949 bits per heavy atom. The highest BCUT2D eigenvalue weighted by atomic mass is 32.2. The van der Waals surface area contributed by atoms with Gasteiger partial charge in [0.1, 0.15) is 11.0 Å². The summed E-state index contributed by atoms with van der Waals surface area (Å²) in [5.41, 5.74) is 2.24. The van der Waals surface area contributed by atoms with Crippen LogP contribution in [-0.4, -0.2) is 22.6 Å².